The Bertz CT molecular complexity index is 856. The highest BCUT2D eigenvalue weighted by atomic mass is 35.5. The molecule has 1 aliphatic carbocycles. The fraction of sp³-hybridized carbons (Fsp3) is 0.625. The number of rotatable bonds is 9. The predicted octanol–water partition coefficient (Wildman–Crippen LogP) is 6.05. The SMILES string of the molecule is CCCC[C@@H](CCN)C1(CC)CCC(Oc2cc3cc[nH]c(=O)c3cc2Cl)CC1. The van der Waals surface area contributed by atoms with Crippen LogP contribution >= 0.6 is 11.6 Å². The van der Waals surface area contributed by atoms with E-state index in [0.717, 1.165) is 37.1 Å². The van der Waals surface area contributed by atoms with Crippen molar-refractivity contribution >= 4 is 22.4 Å². The number of aromatic nitrogens is 1. The van der Waals surface area contributed by atoms with Crippen molar-refractivity contribution in [2.45, 2.75) is 77.7 Å². The van der Waals surface area contributed by atoms with Crippen molar-refractivity contribution in [2.75, 3.05) is 6.54 Å². The minimum absolute atomic E-state index is 0.126. The van der Waals surface area contributed by atoms with Crippen LogP contribution in [0.3, 0.4) is 0 Å². The summed E-state index contributed by atoms with van der Waals surface area (Å²) in [7, 11) is 0. The summed E-state index contributed by atoms with van der Waals surface area (Å²) in [5, 5.41) is 1.96. The Morgan fingerprint density at radius 1 is 1.28 bits per heavy atom. The van der Waals surface area contributed by atoms with Crippen molar-refractivity contribution in [2.24, 2.45) is 17.1 Å². The summed E-state index contributed by atoms with van der Waals surface area (Å²) in [6.45, 7) is 5.39. The zero-order valence-electron chi connectivity index (χ0n) is 17.8. The van der Waals surface area contributed by atoms with E-state index in [4.69, 9.17) is 22.1 Å². The van der Waals surface area contributed by atoms with E-state index < -0.39 is 0 Å². The molecule has 5 heteroatoms. The molecule has 1 heterocycles. The van der Waals surface area contributed by atoms with Gasteiger partial charge in [-0.1, -0.05) is 44.7 Å². The van der Waals surface area contributed by atoms with Gasteiger partial charge in [-0.25, -0.2) is 0 Å². The number of pyridine rings is 1. The van der Waals surface area contributed by atoms with Gasteiger partial charge < -0.3 is 15.5 Å². The van der Waals surface area contributed by atoms with E-state index in [-0.39, 0.29) is 11.7 Å². The molecule has 1 saturated carbocycles. The van der Waals surface area contributed by atoms with Gasteiger partial charge in [0.05, 0.1) is 11.1 Å². The lowest BCUT2D eigenvalue weighted by molar-refractivity contribution is 0.0250. The number of halogens is 1. The smallest absolute Gasteiger partial charge is 0.255 e. The highest BCUT2D eigenvalue weighted by Crippen LogP contribution is 2.49. The molecule has 1 aromatic heterocycles. The molecule has 1 atom stereocenters. The van der Waals surface area contributed by atoms with Gasteiger partial charge in [0.25, 0.3) is 5.56 Å². The standard InChI is InChI=1S/C24H35ClN2O2/c1-3-5-6-18(9-13-26)24(4-2)11-7-19(8-12-24)29-22-15-17-10-14-27-23(28)20(17)16-21(22)25/h10,14-16,18-19H,3-9,11-13,26H2,1-2H3,(H,27,28)/t18-,19?,24?/m0/s1. The summed E-state index contributed by atoms with van der Waals surface area (Å²) < 4.78 is 6.32. The average Bonchev–Trinajstić information content (AvgIpc) is 2.73. The normalized spacial score (nSPS) is 23.2. The zero-order chi connectivity index (χ0) is 20.9. The van der Waals surface area contributed by atoms with Gasteiger partial charge in [0, 0.05) is 11.6 Å². The second-order valence-electron chi connectivity index (χ2n) is 8.63. The first-order chi connectivity index (χ1) is 14.0. The van der Waals surface area contributed by atoms with Gasteiger partial charge in [-0.2, -0.15) is 0 Å². The summed E-state index contributed by atoms with van der Waals surface area (Å²) in [6, 6.07) is 5.49. The van der Waals surface area contributed by atoms with Crippen LogP contribution in [0.5, 0.6) is 5.75 Å². The molecule has 3 rings (SSSR count). The average molecular weight is 419 g/mol. The van der Waals surface area contributed by atoms with Crippen molar-refractivity contribution in [1.82, 2.24) is 4.98 Å². The molecule has 1 aromatic carbocycles. The van der Waals surface area contributed by atoms with Crippen LogP contribution in [-0.2, 0) is 0 Å². The number of fused-ring (bicyclic) bond motifs is 1. The van der Waals surface area contributed by atoms with Crippen LogP contribution in [0.25, 0.3) is 10.8 Å². The van der Waals surface area contributed by atoms with Gasteiger partial charge in [-0.3, -0.25) is 4.79 Å². The number of hydrogen-bond acceptors (Lipinski definition) is 3. The molecule has 4 nitrogen and oxygen atoms in total. The summed E-state index contributed by atoms with van der Waals surface area (Å²) in [6.07, 6.45) is 12.5. The topological polar surface area (TPSA) is 68.1 Å². The molecule has 29 heavy (non-hydrogen) atoms. The number of unbranched alkanes of at least 4 members (excludes halogenated alkanes) is 1. The Morgan fingerprint density at radius 2 is 2.03 bits per heavy atom. The fourth-order valence-electron chi connectivity index (χ4n) is 5.20. The fourth-order valence-corrected chi connectivity index (χ4v) is 5.41. The monoisotopic (exact) mass is 418 g/mol. The van der Waals surface area contributed by atoms with E-state index in [2.05, 4.69) is 18.8 Å². The van der Waals surface area contributed by atoms with Gasteiger partial charge >= 0.3 is 0 Å². The number of H-pyrrole nitrogens is 1. The lowest BCUT2D eigenvalue weighted by Gasteiger charge is -2.45. The van der Waals surface area contributed by atoms with Gasteiger partial charge in [0.15, 0.2) is 0 Å². The third kappa shape index (κ3) is 4.97. The minimum Gasteiger partial charge on any atom is -0.489 e. The third-order valence-corrected chi connectivity index (χ3v) is 7.33. The van der Waals surface area contributed by atoms with Crippen LogP contribution in [0.1, 0.15) is 71.6 Å². The van der Waals surface area contributed by atoms with E-state index in [1.807, 2.05) is 12.1 Å². The number of ether oxygens (including phenoxy) is 1. The number of nitrogens with one attached hydrogen (secondary N) is 1. The Labute approximate surface area is 179 Å². The molecule has 2 aromatic rings. The third-order valence-electron chi connectivity index (χ3n) is 7.04. The van der Waals surface area contributed by atoms with Crippen LogP contribution in [-0.4, -0.2) is 17.6 Å². The van der Waals surface area contributed by atoms with Gasteiger partial charge in [-0.15, -0.1) is 0 Å². The molecular formula is C24H35ClN2O2. The lowest BCUT2D eigenvalue weighted by atomic mass is 9.61. The van der Waals surface area contributed by atoms with Crippen LogP contribution in [0.4, 0.5) is 0 Å². The van der Waals surface area contributed by atoms with Crippen molar-refractivity contribution in [3.8, 4) is 5.75 Å². The number of aromatic amines is 1. The largest absolute Gasteiger partial charge is 0.489 e. The molecule has 1 fully saturated rings. The molecular weight excluding hydrogens is 384 g/mol. The van der Waals surface area contributed by atoms with Crippen molar-refractivity contribution in [1.29, 1.82) is 0 Å². The number of nitrogens with two attached hydrogens (primary N) is 1. The van der Waals surface area contributed by atoms with Crippen molar-refractivity contribution < 1.29 is 4.74 Å². The molecule has 0 saturated heterocycles. The van der Waals surface area contributed by atoms with Crippen LogP contribution in [0.2, 0.25) is 5.02 Å². The maximum absolute atomic E-state index is 12.0. The molecule has 0 unspecified atom stereocenters. The summed E-state index contributed by atoms with van der Waals surface area (Å²) in [5.41, 5.74) is 6.23. The maximum Gasteiger partial charge on any atom is 0.255 e. The molecule has 3 N–H and O–H groups in total. The summed E-state index contributed by atoms with van der Waals surface area (Å²) in [5.74, 6) is 1.40. The van der Waals surface area contributed by atoms with E-state index in [0.29, 0.717) is 21.6 Å². The molecule has 0 radical (unpaired) electrons. The first-order valence-corrected chi connectivity index (χ1v) is 11.6. The van der Waals surface area contributed by atoms with Crippen LogP contribution in [0, 0.1) is 11.3 Å². The Hall–Kier alpha value is -1.52. The first-order valence-electron chi connectivity index (χ1n) is 11.2. The van der Waals surface area contributed by atoms with Gasteiger partial charge in [0.1, 0.15) is 5.75 Å². The highest BCUT2D eigenvalue weighted by Gasteiger charge is 2.40. The summed E-state index contributed by atoms with van der Waals surface area (Å²) >= 11 is 6.43. The van der Waals surface area contributed by atoms with E-state index in [1.54, 1.807) is 12.3 Å². The molecule has 0 aliphatic heterocycles. The summed E-state index contributed by atoms with van der Waals surface area (Å²) in [4.78, 5) is 14.7. The molecule has 0 bridgehead atoms. The van der Waals surface area contributed by atoms with Crippen molar-refractivity contribution in [3.05, 3.63) is 39.8 Å². The number of benzene rings is 1. The lowest BCUT2D eigenvalue weighted by Crippen LogP contribution is -2.38. The first kappa shape index (κ1) is 22.2. The second kappa shape index (κ2) is 9.99. The minimum atomic E-state index is -0.126. The molecule has 0 spiro atoms. The van der Waals surface area contributed by atoms with Crippen LogP contribution in [0.15, 0.2) is 29.2 Å². The molecule has 160 valence electrons. The zero-order valence-corrected chi connectivity index (χ0v) is 18.6. The maximum atomic E-state index is 12.0. The van der Waals surface area contributed by atoms with Gasteiger partial charge in [0.2, 0.25) is 0 Å². The van der Waals surface area contributed by atoms with Crippen molar-refractivity contribution in [3.63, 3.8) is 0 Å². The Morgan fingerprint density at radius 3 is 2.69 bits per heavy atom. The molecule has 0 amide bonds. The van der Waals surface area contributed by atoms with E-state index >= 15 is 0 Å². The van der Waals surface area contributed by atoms with E-state index in [1.165, 1.54) is 38.5 Å². The highest BCUT2D eigenvalue weighted by molar-refractivity contribution is 6.32. The Balaban J connectivity index is 1.70. The molecule has 1 aliphatic rings. The predicted molar refractivity (Wildman–Crippen MR) is 122 cm³/mol. The number of hydrogen-bond donors (Lipinski definition) is 2. The van der Waals surface area contributed by atoms with Gasteiger partial charge in [-0.05, 0) is 80.0 Å². The second-order valence-corrected chi connectivity index (χ2v) is 9.03. The Kier molecular flexibility index (Phi) is 7.64. The van der Waals surface area contributed by atoms with E-state index in [9.17, 15) is 4.79 Å². The quantitative estimate of drug-likeness (QED) is 0.520. The van der Waals surface area contributed by atoms with Crippen LogP contribution < -0.4 is 16.0 Å².